The van der Waals surface area contributed by atoms with Crippen LogP contribution in [-0.2, 0) is 37.0 Å². The van der Waals surface area contributed by atoms with Gasteiger partial charge in [-0.25, -0.2) is 0 Å². The highest BCUT2D eigenvalue weighted by atomic mass is 79.9. The Morgan fingerprint density at radius 2 is 1.39 bits per heavy atom. The molecule has 0 aliphatic carbocycles. The Kier molecular flexibility index (Phi) is 7.62. The lowest BCUT2D eigenvalue weighted by molar-refractivity contribution is -0.236. The number of benzene rings is 2. The van der Waals surface area contributed by atoms with Crippen LogP contribution in [0.5, 0.6) is 0 Å². The van der Waals surface area contributed by atoms with E-state index in [0.717, 1.165) is 11.1 Å². The molecule has 6 heteroatoms. The topological polar surface area (TPSA) is 54.0 Å². The second-order valence-electron chi connectivity index (χ2n) is 6.79. The molecule has 2 aromatic carbocycles. The Morgan fingerprint density at radius 1 is 0.893 bits per heavy atom. The molecule has 3 rings (SSSR count). The van der Waals surface area contributed by atoms with Crippen LogP contribution in [0.25, 0.3) is 0 Å². The molecular formula is C22H25BrO5. The van der Waals surface area contributed by atoms with E-state index in [-0.39, 0.29) is 18.2 Å². The first-order valence-electron chi connectivity index (χ1n) is 9.32. The normalized spacial score (nSPS) is 27.3. The Labute approximate surface area is 174 Å². The summed E-state index contributed by atoms with van der Waals surface area (Å²) in [6.45, 7) is 4.13. The third kappa shape index (κ3) is 5.64. The third-order valence-corrected chi connectivity index (χ3v) is 5.32. The predicted molar refractivity (Wildman–Crippen MR) is 109 cm³/mol. The van der Waals surface area contributed by atoms with Crippen LogP contribution >= 0.6 is 15.9 Å². The largest absolute Gasteiger partial charge is 0.456 e. The van der Waals surface area contributed by atoms with E-state index in [2.05, 4.69) is 15.9 Å². The van der Waals surface area contributed by atoms with Crippen molar-refractivity contribution in [1.82, 2.24) is 0 Å². The molecule has 0 unspecified atom stereocenters. The lowest BCUT2D eigenvalue weighted by Gasteiger charge is -2.43. The summed E-state index contributed by atoms with van der Waals surface area (Å²) in [7, 11) is 0. The lowest BCUT2D eigenvalue weighted by atomic mass is 10.00. The van der Waals surface area contributed by atoms with E-state index in [1.165, 1.54) is 6.92 Å². The molecule has 1 aliphatic rings. The van der Waals surface area contributed by atoms with E-state index in [1.807, 2.05) is 67.6 Å². The highest BCUT2D eigenvalue weighted by Crippen LogP contribution is 2.32. The van der Waals surface area contributed by atoms with E-state index >= 15 is 0 Å². The number of alkyl halides is 1. The monoisotopic (exact) mass is 448 g/mol. The van der Waals surface area contributed by atoms with Crippen molar-refractivity contribution < 1.29 is 23.7 Å². The fraction of sp³-hybridized carbons (Fsp3) is 0.409. The first-order valence-corrected chi connectivity index (χ1v) is 10.2. The molecule has 0 bridgehead atoms. The van der Waals surface area contributed by atoms with Gasteiger partial charge in [-0.3, -0.25) is 4.79 Å². The minimum absolute atomic E-state index is 0.235. The molecule has 2 aromatic rings. The molecule has 150 valence electrons. The number of ether oxygens (including phenoxy) is 4. The minimum Gasteiger partial charge on any atom is -0.456 e. The number of hydrogen-bond donors (Lipinski definition) is 0. The van der Waals surface area contributed by atoms with Crippen LogP contribution < -0.4 is 0 Å². The van der Waals surface area contributed by atoms with Gasteiger partial charge in [0.1, 0.15) is 12.2 Å². The summed E-state index contributed by atoms with van der Waals surface area (Å²) >= 11 is 3.48. The van der Waals surface area contributed by atoms with Gasteiger partial charge in [-0.05, 0) is 18.1 Å². The van der Waals surface area contributed by atoms with Crippen LogP contribution in [0, 0.1) is 0 Å². The second kappa shape index (κ2) is 10.2. The van der Waals surface area contributed by atoms with Crippen molar-refractivity contribution in [1.29, 1.82) is 0 Å². The number of carbonyl (C=O) groups excluding carboxylic acids is 1. The molecule has 0 saturated carbocycles. The van der Waals surface area contributed by atoms with Gasteiger partial charge < -0.3 is 18.9 Å². The molecule has 1 fully saturated rings. The highest BCUT2D eigenvalue weighted by molar-refractivity contribution is 9.09. The maximum absolute atomic E-state index is 11.6. The van der Waals surface area contributed by atoms with E-state index < -0.39 is 17.2 Å². The molecular weight excluding hydrogens is 424 g/mol. The number of halogens is 1. The van der Waals surface area contributed by atoms with Gasteiger partial charge in [-0.1, -0.05) is 76.6 Å². The Hall–Kier alpha value is -1.73. The van der Waals surface area contributed by atoms with Crippen molar-refractivity contribution >= 4 is 21.9 Å². The van der Waals surface area contributed by atoms with Crippen molar-refractivity contribution in [2.45, 2.75) is 56.5 Å². The maximum atomic E-state index is 11.6. The molecule has 28 heavy (non-hydrogen) atoms. The van der Waals surface area contributed by atoms with Gasteiger partial charge >= 0.3 is 5.97 Å². The van der Waals surface area contributed by atoms with E-state index in [0.29, 0.717) is 13.2 Å². The highest BCUT2D eigenvalue weighted by Gasteiger charge is 2.47. The fourth-order valence-electron chi connectivity index (χ4n) is 3.23. The second-order valence-corrected chi connectivity index (χ2v) is 7.69. The van der Waals surface area contributed by atoms with Crippen LogP contribution in [0.1, 0.15) is 25.0 Å². The summed E-state index contributed by atoms with van der Waals surface area (Å²) < 4.78 is 23.8. The molecule has 1 saturated heterocycles. The van der Waals surface area contributed by atoms with Crippen LogP contribution in [0.2, 0.25) is 0 Å². The predicted octanol–water partition coefficient (Wildman–Crippen LogP) is 4.23. The number of hydrogen-bond acceptors (Lipinski definition) is 5. The summed E-state index contributed by atoms with van der Waals surface area (Å²) in [5, 5.41) is -0.469. The zero-order valence-corrected chi connectivity index (χ0v) is 17.6. The van der Waals surface area contributed by atoms with Crippen molar-refractivity contribution in [2.24, 2.45) is 0 Å². The lowest BCUT2D eigenvalue weighted by Crippen LogP contribution is -2.58. The third-order valence-electron chi connectivity index (χ3n) is 4.59. The van der Waals surface area contributed by atoms with Crippen LogP contribution in [0.3, 0.4) is 0 Å². The first-order chi connectivity index (χ1) is 13.5. The van der Waals surface area contributed by atoms with E-state index in [1.54, 1.807) is 0 Å². The van der Waals surface area contributed by atoms with Gasteiger partial charge in [0.2, 0.25) is 0 Å². The average molecular weight is 449 g/mol. The summed E-state index contributed by atoms with van der Waals surface area (Å²) in [5.41, 5.74) is 2.10. The number of rotatable bonds is 7. The molecule has 0 spiro atoms. The molecule has 5 nitrogen and oxygen atoms in total. The molecule has 0 radical (unpaired) electrons. The zero-order chi connectivity index (χ0) is 19.9. The Bertz CT molecular complexity index is 739. The molecule has 0 amide bonds. The van der Waals surface area contributed by atoms with Crippen molar-refractivity contribution in [2.75, 3.05) is 0 Å². The van der Waals surface area contributed by atoms with E-state index in [4.69, 9.17) is 18.9 Å². The van der Waals surface area contributed by atoms with E-state index in [9.17, 15) is 4.79 Å². The van der Waals surface area contributed by atoms with Gasteiger partial charge in [-0.2, -0.15) is 0 Å². The Balaban J connectivity index is 1.76. The standard InChI is InChI=1S/C22H25BrO5/c1-15-19(25-13-17-9-5-3-6-10-17)20(21(22(23)27-15)28-16(2)24)26-14-18-11-7-4-8-12-18/h3-12,15,19-22H,13-14H2,1-2H3/t15-,19-,20+,21+,22+/m0/s1. The molecule has 1 heterocycles. The zero-order valence-electron chi connectivity index (χ0n) is 16.0. The number of carbonyl (C=O) groups is 1. The molecule has 5 atom stereocenters. The SMILES string of the molecule is CC(=O)O[C@@H]1[C@H](OCc2ccccc2)[C@@H](OCc2ccccc2)[C@H](C)O[C@H]1Br. The average Bonchev–Trinajstić information content (AvgIpc) is 2.69. The van der Waals surface area contributed by atoms with Gasteiger partial charge in [0.15, 0.2) is 11.1 Å². The quantitative estimate of drug-likeness (QED) is 0.468. The van der Waals surface area contributed by atoms with Crippen LogP contribution in [0.15, 0.2) is 60.7 Å². The van der Waals surface area contributed by atoms with Crippen molar-refractivity contribution in [3.63, 3.8) is 0 Å². The first kappa shape index (κ1) is 21.0. The van der Waals surface area contributed by atoms with Gasteiger partial charge in [0.05, 0.1) is 19.3 Å². The fourth-order valence-corrected chi connectivity index (χ4v) is 3.98. The number of esters is 1. The summed E-state index contributed by atoms with van der Waals surface area (Å²) in [4.78, 5) is 11.6. The van der Waals surface area contributed by atoms with Crippen molar-refractivity contribution in [3.8, 4) is 0 Å². The van der Waals surface area contributed by atoms with Crippen molar-refractivity contribution in [3.05, 3.63) is 71.8 Å². The maximum Gasteiger partial charge on any atom is 0.303 e. The van der Waals surface area contributed by atoms with Crippen LogP contribution in [-0.4, -0.2) is 35.4 Å². The summed E-state index contributed by atoms with van der Waals surface area (Å²) in [6, 6.07) is 19.8. The molecule has 1 aliphatic heterocycles. The Morgan fingerprint density at radius 3 is 1.89 bits per heavy atom. The smallest absolute Gasteiger partial charge is 0.303 e. The molecule has 0 aromatic heterocycles. The van der Waals surface area contributed by atoms with Gasteiger partial charge in [-0.15, -0.1) is 0 Å². The molecule has 0 N–H and O–H groups in total. The summed E-state index contributed by atoms with van der Waals surface area (Å²) in [5.74, 6) is -0.386. The van der Waals surface area contributed by atoms with Gasteiger partial charge in [0.25, 0.3) is 0 Å². The summed E-state index contributed by atoms with van der Waals surface area (Å²) in [6.07, 6.45) is -1.71. The minimum atomic E-state index is -0.613. The van der Waals surface area contributed by atoms with Gasteiger partial charge in [0, 0.05) is 6.92 Å². The van der Waals surface area contributed by atoms with Crippen LogP contribution in [0.4, 0.5) is 0 Å².